The second kappa shape index (κ2) is 5.64. The van der Waals surface area contributed by atoms with Crippen LogP contribution in [0.5, 0.6) is 0 Å². The standard InChI is InChI=1S/C12H24N2O2/c1-8(2)10(12(15)16)11(13)9-5-4-6-14(3)7-9/h8-11H,4-7,13H2,1-3H3,(H,15,16). The zero-order chi connectivity index (χ0) is 12.3. The van der Waals surface area contributed by atoms with E-state index in [1.54, 1.807) is 0 Å². The molecule has 0 aromatic heterocycles. The van der Waals surface area contributed by atoms with Gasteiger partial charge < -0.3 is 15.7 Å². The summed E-state index contributed by atoms with van der Waals surface area (Å²) in [6.07, 6.45) is 2.18. The largest absolute Gasteiger partial charge is 0.481 e. The molecule has 0 aromatic rings. The van der Waals surface area contributed by atoms with E-state index >= 15 is 0 Å². The van der Waals surface area contributed by atoms with Gasteiger partial charge in [0.15, 0.2) is 0 Å². The number of nitrogens with zero attached hydrogens (tertiary/aromatic N) is 1. The molecule has 0 aliphatic carbocycles. The summed E-state index contributed by atoms with van der Waals surface area (Å²) in [6, 6.07) is -0.222. The molecule has 16 heavy (non-hydrogen) atoms. The number of nitrogens with two attached hydrogens (primary N) is 1. The highest BCUT2D eigenvalue weighted by atomic mass is 16.4. The molecule has 0 saturated carbocycles. The van der Waals surface area contributed by atoms with Crippen molar-refractivity contribution in [3.8, 4) is 0 Å². The van der Waals surface area contributed by atoms with Crippen molar-refractivity contribution in [2.24, 2.45) is 23.5 Å². The van der Waals surface area contributed by atoms with Gasteiger partial charge in [-0.05, 0) is 38.3 Å². The van der Waals surface area contributed by atoms with E-state index in [9.17, 15) is 9.90 Å². The van der Waals surface area contributed by atoms with E-state index in [1.807, 2.05) is 13.8 Å². The van der Waals surface area contributed by atoms with Crippen molar-refractivity contribution in [3.63, 3.8) is 0 Å². The SMILES string of the molecule is CC(C)C(C(=O)O)C(N)C1CCCN(C)C1. The van der Waals surface area contributed by atoms with Gasteiger partial charge in [0.1, 0.15) is 0 Å². The van der Waals surface area contributed by atoms with Crippen molar-refractivity contribution in [2.45, 2.75) is 32.7 Å². The lowest BCUT2D eigenvalue weighted by atomic mass is 9.79. The van der Waals surface area contributed by atoms with E-state index in [-0.39, 0.29) is 12.0 Å². The Morgan fingerprint density at radius 3 is 2.56 bits per heavy atom. The highest BCUT2D eigenvalue weighted by molar-refractivity contribution is 5.71. The summed E-state index contributed by atoms with van der Waals surface area (Å²) in [4.78, 5) is 13.5. The van der Waals surface area contributed by atoms with Crippen LogP contribution in [-0.2, 0) is 4.79 Å². The molecule has 1 fully saturated rings. The minimum Gasteiger partial charge on any atom is -0.481 e. The van der Waals surface area contributed by atoms with Crippen LogP contribution in [0.1, 0.15) is 26.7 Å². The van der Waals surface area contributed by atoms with Crippen molar-refractivity contribution in [1.82, 2.24) is 4.90 Å². The second-order valence-corrected chi connectivity index (χ2v) is 5.35. The zero-order valence-electron chi connectivity index (χ0n) is 10.5. The Balaban J connectivity index is 2.66. The molecule has 3 N–H and O–H groups in total. The maximum Gasteiger partial charge on any atom is 0.308 e. The molecule has 3 unspecified atom stereocenters. The average molecular weight is 228 g/mol. The summed E-state index contributed by atoms with van der Waals surface area (Å²) in [5, 5.41) is 9.22. The van der Waals surface area contributed by atoms with Crippen LogP contribution >= 0.6 is 0 Å². The lowest BCUT2D eigenvalue weighted by molar-refractivity contribution is -0.144. The summed E-state index contributed by atoms with van der Waals surface area (Å²) in [6.45, 7) is 5.90. The Hall–Kier alpha value is -0.610. The van der Waals surface area contributed by atoms with Gasteiger partial charge in [-0.25, -0.2) is 0 Å². The van der Waals surface area contributed by atoms with Crippen LogP contribution in [0.4, 0.5) is 0 Å². The number of carbonyl (C=O) groups is 1. The number of likely N-dealkylation sites (tertiary alicyclic amines) is 1. The molecule has 3 atom stereocenters. The van der Waals surface area contributed by atoms with Gasteiger partial charge in [0.05, 0.1) is 5.92 Å². The molecule has 4 nitrogen and oxygen atoms in total. The number of carboxylic acids is 1. The number of hydrogen-bond donors (Lipinski definition) is 2. The van der Waals surface area contributed by atoms with Crippen molar-refractivity contribution in [3.05, 3.63) is 0 Å². The molecule has 0 radical (unpaired) electrons. The van der Waals surface area contributed by atoms with Crippen LogP contribution < -0.4 is 5.73 Å². The Morgan fingerprint density at radius 2 is 2.12 bits per heavy atom. The molecule has 0 amide bonds. The highest BCUT2D eigenvalue weighted by Gasteiger charge is 2.35. The van der Waals surface area contributed by atoms with Gasteiger partial charge in [0.25, 0.3) is 0 Å². The number of aliphatic carboxylic acids is 1. The van der Waals surface area contributed by atoms with Crippen molar-refractivity contribution >= 4 is 5.97 Å². The molecule has 1 aliphatic rings. The molecule has 1 saturated heterocycles. The van der Waals surface area contributed by atoms with Crippen LogP contribution in [0.15, 0.2) is 0 Å². The summed E-state index contributed by atoms with van der Waals surface area (Å²) in [7, 11) is 2.07. The van der Waals surface area contributed by atoms with E-state index in [2.05, 4.69) is 11.9 Å². The van der Waals surface area contributed by atoms with Gasteiger partial charge in [-0.15, -0.1) is 0 Å². The van der Waals surface area contributed by atoms with Gasteiger partial charge >= 0.3 is 5.97 Å². The first-order valence-corrected chi connectivity index (χ1v) is 6.10. The topological polar surface area (TPSA) is 66.6 Å². The average Bonchev–Trinajstić information content (AvgIpc) is 2.16. The third-order valence-electron chi connectivity index (χ3n) is 3.62. The maximum absolute atomic E-state index is 11.2. The first kappa shape index (κ1) is 13.5. The second-order valence-electron chi connectivity index (χ2n) is 5.35. The van der Waals surface area contributed by atoms with Crippen LogP contribution in [0.25, 0.3) is 0 Å². The number of rotatable bonds is 4. The highest BCUT2D eigenvalue weighted by Crippen LogP contribution is 2.26. The summed E-state index contributed by atoms with van der Waals surface area (Å²) >= 11 is 0. The van der Waals surface area contributed by atoms with Crippen molar-refractivity contribution in [1.29, 1.82) is 0 Å². The van der Waals surface area contributed by atoms with E-state index in [4.69, 9.17) is 5.73 Å². The van der Waals surface area contributed by atoms with Crippen molar-refractivity contribution < 1.29 is 9.90 Å². The Labute approximate surface area is 97.8 Å². The zero-order valence-corrected chi connectivity index (χ0v) is 10.5. The molecule has 1 aliphatic heterocycles. The molecular formula is C12H24N2O2. The molecule has 0 aromatic carbocycles. The number of carboxylic acid groups (broad SMARTS) is 1. The first-order valence-electron chi connectivity index (χ1n) is 6.10. The molecule has 94 valence electrons. The minimum absolute atomic E-state index is 0.0970. The van der Waals surface area contributed by atoms with Crippen molar-refractivity contribution in [2.75, 3.05) is 20.1 Å². The smallest absolute Gasteiger partial charge is 0.308 e. The third kappa shape index (κ3) is 3.19. The predicted molar refractivity (Wildman–Crippen MR) is 64.2 cm³/mol. The number of hydrogen-bond acceptors (Lipinski definition) is 3. The summed E-state index contributed by atoms with van der Waals surface area (Å²) in [5.74, 6) is -0.755. The summed E-state index contributed by atoms with van der Waals surface area (Å²) < 4.78 is 0. The fourth-order valence-electron chi connectivity index (χ4n) is 2.71. The normalized spacial score (nSPS) is 26.7. The monoisotopic (exact) mass is 228 g/mol. The molecular weight excluding hydrogens is 204 g/mol. The van der Waals surface area contributed by atoms with Gasteiger partial charge in [0, 0.05) is 12.6 Å². The Bertz CT molecular complexity index is 243. The van der Waals surface area contributed by atoms with Gasteiger partial charge in [-0.3, -0.25) is 4.79 Å². The summed E-state index contributed by atoms with van der Waals surface area (Å²) in [5.41, 5.74) is 6.15. The quantitative estimate of drug-likeness (QED) is 0.753. The van der Waals surface area contributed by atoms with Gasteiger partial charge in [-0.1, -0.05) is 13.8 Å². The van der Waals surface area contributed by atoms with Gasteiger partial charge in [-0.2, -0.15) is 0 Å². The van der Waals surface area contributed by atoms with Crippen LogP contribution in [0, 0.1) is 17.8 Å². The lowest BCUT2D eigenvalue weighted by Gasteiger charge is -2.36. The van der Waals surface area contributed by atoms with E-state index in [1.165, 1.54) is 0 Å². The van der Waals surface area contributed by atoms with Crippen LogP contribution in [0.3, 0.4) is 0 Å². The van der Waals surface area contributed by atoms with E-state index < -0.39 is 11.9 Å². The fourth-order valence-corrected chi connectivity index (χ4v) is 2.71. The molecule has 0 spiro atoms. The third-order valence-corrected chi connectivity index (χ3v) is 3.62. The molecule has 4 heteroatoms. The first-order chi connectivity index (χ1) is 7.43. The van der Waals surface area contributed by atoms with E-state index in [0.29, 0.717) is 5.92 Å². The molecule has 0 bridgehead atoms. The molecule has 1 rings (SSSR count). The van der Waals surface area contributed by atoms with Gasteiger partial charge in [0.2, 0.25) is 0 Å². The molecule has 1 heterocycles. The fraction of sp³-hybridized carbons (Fsp3) is 0.917. The predicted octanol–water partition coefficient (Wildman–Crippen LogP) is 1.01. The Morgan fingerprint density at radius 1 is 1.50 bits per heavy atom. The van der Waals surface area contributed by atoms with E-state index in [0.717, 1.165) is 25.9 Å². The Kier molecular flexibility index (Phi) is 4.74. The van der Waals surface area contributed by atoms with Crippen LogP contribution in [-0.4, -0.2) is 42.2 Å². The maximum atomic E-state index is 11.2. The number of piperidine rings is 1. The minimum atomic E-state index is -0.754. The lowest BCUT2D eigenvalue weighted by Crippen LogP contribution is -2.49. The van der Waals surface area contributed by atoms with Crippen LogP contribution in [0.2, 0.25) is 0 Å².